The summed E-state index contributed by atoms with van der Waals surface area (Å²) in [4.78, 5) is 44.0. The highest BCUT2D eigenvalue weighted by atomic mass is 16.5. The number of fused-ring (bicyclic) bond motifs is 6. The predicted octanol–water partition coefficient (Wildman–Crippen LogP) is 3.57. The lowest BCUT2D eigenvalue weighted by molar-refractivity contribution is -0.156. The maximum atomic E-state index is 14.6. The highest BCUT2D eigenvalue weighted by molar-refractivity contribution is 5.95. The Labute approximate surface area is 371 Å². The number of hydrogen-bond acceptors (Lipinski definition) is 13. The lowest BCUT2D eigenvalue weighted by atomic mass is 9.84. The highest BCUT2D eigenvalue weighted by Gasteiger charge is 2.89. The third kappa shape index (κ3) is 7.15. The van der Waals surface area contributed by atoms with E-state index in [2.05, 4.69) is 81.6 Å². The first-order chi connectivity index (χ1) is 30.4. The zero-order valence-electron chi connectivity index (χ0n) is 37.9. The maximum absolute atomic E-state index is 14.6. The summed E-state index contributed by atoms with van der Waals surface area (Å²) in [6.07, 6.45) is 6.61. The number of cyclic esters (lactones) is 1. The van der Waals surface area contributed by atoms with Crippen molar-refractivity contribution in [1.82, 2.24) is 29.8 Å². The van der Waals surface area contributed by atoms with Crippen LogP contribution in [0.2, 0.25) is 0 Å². The second-order valence-corrected chi connectivity index (χ2v) is 20.8. The van der Waals surface area contributed by atoms with E-state index in [0.29, 0.717) is 59.0 Å². The van der Waals surface area contributed by atoms with Crippen molar-refractivity contribution in [3.63, 3.8) is 0 Å². The van der Waals surface area contributed by atoms with Gasteiger partial charge in [-0.2, -0.15) is 0 Å². The summed E-state index contributed by atoms with van der Waals surface area (Å²) in [6.45, 7) is 18.6. The number of carbonyl (C=O) groups is 2. The number of rotatable bonds is 7. The number of nitrogens with zero attached hydrogens (tertiary/aromatic N) is 7. The number of aryl methyl sites for hydroxylation is 1. The van der Waals surface area contributed by atoms with Gasteiger partial charge in [-0.15, -0.1) is 0 Å². The summed E-state index contributed by atoms with van der Waals surface area (Å²) in [7, 11) is 1.76. The van der Waals surface area contributed by atoms with Gasteiger partial charge in [0.2, 0.25) is 0 Å². The zero-order chi connectivity index (χ0) is 43.4. The second-order valence-electron chi connectivity index (χ2n) is 20.8. The summed E-state index contributed by atoms with van der Waals surface area (Å²) in [5.74, 6) is -0.493. The van der Waals surface area contributed by atoms with Crippen LogP contribution in [0.15, 0.2) is 30.5 Å². The van der Waals surface area contributed by atoms with Crippen LogP contribution in [0.5, 0.6) is 0 Å². The SMILES string of the molecule is CCn1c(-c2cc(N3CCN(C4CC4)CC3)cnc2[C@H](C)OC)c2c3cc(ccc31)N1CCO[C@H](C1)[C@@H](N1CCOCC1)[C@H](N)C(=O)N1CC34CC3(C4)[C@H](N1)C(=O)OCC(C)(C)C2. The number of ether oxygens (including phenoxy) is 4. The van der Waals surface area contributed by atoms with E-state index in [1.54, 1.807) is 12.1 Å². The molecule has 3 aliphatic carbocycles. The van der Waals surface area contributed by atoms with Gasteiger partial charge in [-0.1, -0.05) is 13.8 Å². The molecule has 7 heterocycles. The lowest BCUT2D eigenvalue weighted by Crippen LogP contribution is -2.68. The van der Waals surface area contributed by atoms with Gasteiger partial charge in [0.1, 0.15) is 12.1 Å². The number of nitrogens with one attached hydrogen (secondary N) is 1. The number of esters is 1. The van der Waals surface area contributed by atoms with Crippen LogP contribution in [-0.2, 0) is 41.5 Å². The number of hydrogen-bond donors (Lipinski definition) is 2. The molecule has 3 aromatic rings. The molecular weight excluding hydrogens is 799 g/mol. The number of morpholine rings is 2. The van der Waals surface area contributed by atoms with Gasteiger partial charge < -0.3 is 39.0 Å². The molecule has 2 aromatic heterocycles. The van der Waals surface area contributed by atoms with Crippen LogP contribution in [0.4, 0.5) is 11.4 Å². The largest absolute Gasteiger partial charge is 0.464 e. The van der Waals surface area contributed by atoms with Crippen LogP contribution in [0.1, 0.15) is 70.7 Å². The van der Waals surface area contributed by atoms with Crippen molar-refractivity contribution >= 4 is 34.2 Å². The summed E-state index contributed by atoms with van der Waals surface area (Å²) in [5, 5.41) is 2.83. The number of aromatic nitrogens is 2. The van der Waals surface area contributed by atoms with Crippen molar-refractivity contribution in [2.45, 2.75) is 103 Å². The number of pyridine rings is 1. The number of benzene rings is 1. The van der Waals surface area contributed by atoms with Crippen LogP contribution in [0, 0.1) is 16.2 Å². The van der Waals surface area contributed by atoms with Gasteiger partial charge in [0.25, 0.3) is 5.91 Å². The Kier molecular flexibility index (Phi) is 10.4. The molecule has 5 atom stereocenters. The minimum absolute atomic E-state index is 0.0447. The molecule has 5 aliphatic heterocycles. The Morgan fingerprint density at radius 2 is 1.75 bits per heavy atom. The molecule has 15 heteroatoms. The molecule has 0 radical (unpaired) electrons. The van der Waals surface area contributed by atoms with Crippen LogP contribution in [-0.4, -0.2) is 159 Å². The molecule has 6 bridgehead atoms. The third-order valence-electron chi connectivity index (χ3n) is 16.2. The number of carbonyl (C=O) groups excluding carboxylic acids is 2. The molecule has 1 amide bonds. The molecule has 0 unspecified atom stereocenters. The molecule has 1 aromatic carbocycles. The van der Waals surface area contributed by atoms with E-state index in [0.717, 1.165) is 85.5 Å². The van der Waals surface area contributed by atoms with Crippen LogP contribution in [0.3, 0.4) is 0 Å². The van der Waals surface area contributed by atoms with E-state index in [1.165, 1.54) is 23.8 Å². The maximum Gasteiger partial charge on any atom is 0.325 e. The minimum atomic E-state index is -0.873. The second kappa shape index (κ2) is 15.7. The van der Waals surface area contributed by atoms with E-state index >= 15 is 0 Å². The number of anilines is 2. The zero-order valence-corrected chi connectivity index (χ0v) is 37.9. The fourth-order valence-electron chi connectivity index (χ4n) is 12.3. The van der Waals surface area contributed by atoms with E-state index in [-0.39, 0.29) is 47.6 Å². The molecule has 3 saturated carbocycles. The van der Waals surface area contributed by atoms with Crippen molar-refractivity contribution in [2.75, 3.05) is 102 Å². The molecule has 4 saturated heterocycles. The third-order valence-corrected chi connectivity index (χ3v) is 16.2. The smallest absolute Gasteiger partial charge is 0.325 e. The Morgan fingerprint density at radius 1 is 0.968 bits per heavy atom. The van der Waals surface area contributed by atoms with Crippen molar-refractivity contribution in [2.24, 2.45) is 22.0 Å². The van der Waals surface area contributed by atoms with Gasteiger partial charge in [0.05, 0.1) is 67.9 Å². The first-order valence-corrected chi connectivity index (χ1v) is 23.8. The standard InChI is InChI=1S/C48H67N9O6/c1-6-56-37-10-9-32-21-34(37)36(41(56)35-22-33(24-50-40(35)30(2)60-5)53-13-11-52(12-14-53)31-7-8-31)23-46(3,4)29-63-45(59)43-48-26-47(48,27-48)28-57(51-43)44(58)39(49)42(54-15-18-61-19-16-54)38-25-55(32)17-20-62-38/h9-10,21-22,24,30-31,38-39,42-43,51H,6-8,11-20,23,25-29,49H2,1-5H3/t30-,38+,39-,42+,43+,47?,48?/m0/s1. The van der Waals surface area contributed by atoms with Gasteiger partial charge in [0.15, 0.2) is 0 Å². The van der Waals surface area contributed by atoms with Gasteiger partial charge in [-0.25, -0.2) is 5.43 Å². The van der Waals surface area contributed by atoms with Crippen LogP contribution >= 0.6 is 0 Å². The predicted molar refractivity (Wildman–Crippen MR) is 240 cm³/mol. The Balaban J connectivity index is 1.03. The fraction of sp³-hybridized carbons (Fsp3) is 0.688. The number of nitrogens with two attached hydrogens (primary N) is 1. The van der Waals surface area contributed by atoms with E-state index in [1.807, 2.05) is 6.20 Å². The molecule has 15 nitrogen and oxygen atoms in total. The number of piperazine rings is 1. The summed E-state index contributed by atoms with van der Waals surface area (Å²) >= 11 is 0. The number of methoxy groups -OCH3 is 1. The van der Waals surface area contributed by atoms with Gasteiger partial charge in [0, 0.05) is 112 Å². The number of hydrazine groups is 1. The Morgan fingerprint density at radius 3 is 2.48 bits per heavy atom. The summed E-state index contributed by atoms with van der Waals surface area (Å²) in [6, 6.07) is 8.14. The van der Waals surface area contributed by atoms with Crippen molar-refractivity contribution < 1.29 is 28.5 Å². The summed E-state index contributed by atoms with van der Waals surface area (Å²) in [5.41, 5.74) is 17.6. The normalized spacial score (nSPS) is 33.1. The lowest BCUT2D eigenvalue weighted by Gasteiger charge is -2.46. The van der Waals surface area contributed by atoms with Crippen molar-refractivity contribution in [3.05, 3.63) is 41.7 Å². The Bertz CT molecular complexity index is 2260. The topological polar surface area (TPSA) is 143 Å². The van der Waals surface area contributed by atoms with Crippen molar-refractivity contribution in [3.8, 4) is 11.3 Å². The average molecular weight is 866 g/mol. The first-order valence-electron chi connectivity index (χ1n) is 23.8. The van der Waals surface area contributed by atoms with Gasteiger partial charge >= 0.3 is 5.97 Å². The highest BCUT2D eigenvalue weighted by Crippen LogP contribution is 2.88. The minimum Gasteiger partial charge on any atom is -0.464 e. The van der Waals surface area contributed by atoms with Crippen LogP contribution in [0.25, 0.3) is 22.2 Å². The van der Waals surface area contributed by atoms with Crippen molar-refractivity contribution in [1.29, 1.82) is 0 Å². The molecule has 63 heavy (non-hydrogen) atoms. The van der Waals surface area contributed by atoms with E-state index < -0.39 is 17.5 Å². The molecule has 8 aliphatic rings. The summed E-state index contributed by atoms with van der Waals surface area (Å²) < 4.78 is 27.3. The fourth-order valence-corrected chi connectivity index (χ4v) is 12.3. The molecule has 340 valence electrons. The first kappa shape index (κ1) is 41.8. The molecule has 11 rings (SSSR count). The van der Waals surface area contributed by atoms with Gasteiger partial charge in [-0.3, -0.25) is 29.4 Å². The monoisotopic (exact) mass is 866 g/mol. The van der Waals surface area contributed by atoms with Crippen LogP contribution < -0.4 is 21.0 Å². The number of amides is 1. The molecular formula is C48H67N9O6. The van der Waals surface area contributed by atoms with Gasteiger partial charge in [-0.05, 0) is 81.2 Å². The molecule has 0 spiro atoms. The molecule has 3 N–H and O–H groups in total. The quantitative estimate of drug-likeness (QED) is 0.335. The van der Waals surface area contributed by atoms with E-state index in [4.69, 9.17) is 29.7 Å². The average Bonchev–Trinajstić information content (AvgIpc) is 4.25. The Hall–Kier alpha value is -3.83. The van der Waals surface area contributed by atoms with E-state index in [9.17, 15) is 9.59 Å². The molecule has 7 fully saturated rings.